The van der Waals surface area contributed by atoms with Gasteiger partial charge < -0.3 is 4.90 Å². The minimum Gasteiger partial charge on any atom is -0.300 e. The number of fused-ring (bicyclic) bond motifs is 1. The number of aromatic nitrogens is 2. The summed E-state index contributed by atoms with van der Waals surface area (Å²) in [5.41, 5.74) is 2.33. The molecule has 0 unspecified atom stereocenters. The van der Waals surface area contributed by atoms with E-state index in [9.17, 15) is 8.42 Å². The molecule has 0 aliphatic carbocycles. The molecule has 0 N–H and O–H groups in total. The summed E-state index contributed by atoms with van der Waals surface area (Å²) in [6, 6.07) is 13.0. The Morgan fingerprint density at radius 3 is 2.48 bits per heavy atom. The van der Waals surface area contributed by atoms with Gasteiger partial charge >= 0.3 is 0 Å². The summed E-state index contributed by atoms with van der Waals surface area (Å²) in [5.74, 6) is 0. The van der Waals surface area contributed by atoms with Gasteiger partial charge in [-0.05, 0) is 36.2 Å². The number of piperazine rings is 1. The number of halogens is 1. The summed E-state index contributed by atoms with van der Waals surface area (Å²) in [7, 11) is -3.56. The van der Waals surface area contributed by atoms with Gasteiger partial charge in [-0.15, -0.1) is 0 Å². The lowest BCUT2D eigenvalue weighted by Crippen LogP contribution is -2.49. The third-order valence-electron chi connectivity index (χ3n) is 4.83. The van der Waals surface area contributed by atoms with E-state index in [-0.39, 0.29) is 4.90 Å². The maximum Gasteiger partial charge on any atom is 0.245 e. The van der Waals surface area contributed by atoms with Gasteiger partial charge in [0.25, 0.3) is 0 Å². The minimum atomic E-state index is -3.56. The zero-order chi connectivity index (χ0) is 18.9. The van der Waals surface area contributed by atoms with Crippen molar-refractivity contribution in [3.63, 3.8) is 0 Å². The second-order valence-electron chi connectivity index (χ2n) is 6.51. The fourth-order valence-electron chi connectivity index (χ4n) is 3.26. The average molecular weight is 423 g/mol. The van der Waals surface area contributed by atoms with E-state index in [1.165, 1.54) is 5.56 Å². The Hall–Kier alpha value is -1.58. The van der Waals surface area contributed by atoms with Crippen molar-refractivity contribution in [2.45, 2.75) is 11.3 Å². The van der Waals surface area contributed by atoms with Crippen LogP contribution in [0.3, 0.4) is 0 Å². The highest BCUT2D eigenvalue weighted by Gasteiger charge is 2.30. The highest BCUT2D eigenvalue weighted by molar-refractivity contribution is 7.89. The Balaban J connectivity index is 1.39. The molecule has 0 saturated carbocycles. The van der Waals surface area contributed by atoms with Crippen LogP contribution in [0.2, 0.25) is 5.02 Å². The van der Waals surface area contributed by atoms with Gasteiger partial charge in [-0.3, -0.25) is 0 Å². The van der Waals surface area contributed by atoms with E-state index in [4.69, 9.17) is 11.6 Å². The van der Waals surface area contributed by atoms with Gasteiger partial charge in [-0.25, -0.2) is 8.42 Å². The van der Waals surface area contributed by atoms with Crippen LogP contribution in [0, 0.1) is 0 Å². The molecule has 1 aliphatic rings. The molecule has 1 aliphatic heterocycles. The van der Waals surface area contributed by atoms with Gasteiger partial charge in [-0.2, -0.15) is 13.1 Å². The zero-order valence-corrected chi connectivity index (χ0v) is 17.0. The molecule has 9 heteroatoms. The number of sulfonamides is 1. The molecule has 0 spiro atoms. The van der Waals surface area contributed by atoms with E-state index < -0.39 is 10.0 Å². The minimum absolute atomic E-state index is 0.253. The van der Waals surface area contributed by atoms with Crippen LogP contribution >= 0.6 is 23.3 Å². The largest absolute Gasteiger partial charge is 0.300 e. The first-order valence-electron chi connectivity index (χ1n) is 8.72. The topological polar surface area (TPSA) is 66.4 Å². The molecule has 1 fully saturated rings. The highest BCUT2D eigenvalue weighted by Crippen LogP contribution is 2.25. The van der Waals surface area contributed by atoms with Crippen LogP contribution in [0.5, 0.6) is 0 Å². The van der Waals surface area contributed by atoms with Crippen LogP contribution in [0.1, 0.15) is 5.56 Å². The van der Waals surface area contributed by atoms with Crippen molar-refractivity contribution in [2.24, 2.45) is 0 Å². The molecule has 0 atom stereocenters. The molecular weight excluding hydrogens is 404 g/mol. The molecule has 3 aromatic rings. The lowest BCUT2D eigenvalue weighted by atomic mass is 10.1. The Morgan fingerprint density at radius 2 is 1.74 bits per heavy atom. The molecule has 0 amide bonds. The number of rotatable bonds is 5. The molecule has 1 aromatic heterocycles. The van der Waals surface area contributed by atoms with Crippen LogP contribution in [0.25, 0.3) is 11.0 Å². The SMILES string of the molecule is O=S(=O)(c1cccc2nsnc12)N1CCN(CCc2ccc(Cl)cc2)CC1. The summed E-state index contributed by atoms with van der Waals surface area (Å²) in [5, 5.41) is 0.739. The van der Waals surface area contributed by atoms with Crippen molar-refractivity contribution < 1.29 is 8.42 Å². The Bertz CT molecular complexity index is 1030. The van der Waals surface area contributed by atoms with Gasteiger partial charge in [0.15, 0.2) is 0 Å². The molecule has 2 heterocycles. The first-order valence-corrected chi connectivity index (χ1v) is 11.3. The van der Waals surface area contributed by atoms with Crippen molar-refractivity contribution in [3.05, 3.63) is 53.1 Å². The standard InChI is InChI=1S/C18H19ClN4O2S2/c19-15-6-4-14(5-7-15)8-9-22-10-12-23(13-11-22)27(24,25)17-3-1-2-16-18(17)21-26-20-16/h1-7H,8-13H2. The fourth-order valence-corrected chi connectivity index (χ4v) is 5.56. The van der Waals surface area contributed by atoms with Gasteiger partial charge in [0, 0.05) is 37.7 Å². The van der Waals surface area contributed by atoms with Crippen LogP contribution < -0.4 is 0 Å². The van der Waals surface area contributed by atoms with Gasteiger partial charge in [-0.1, -0.05) is 29.8 Å². The normalized spacial score (nSPS) is 16.8. The third-order valence-corrected chi connectivity index (χ3v) is 7.55. The van der Waals surface area contributed by atoms with Crippen molar-refractivity contribution in [1.29, 1.82) is 0 Å². The smallest absolute Gasteiger partial charge is 0.245 e. The first-order chi connectivity index (χ1) is 13.0. The van der Waals surface area contributed by atoms with Crippen molar-refractivity contribution >= 4 is 44.4 Å². The van der Waals surface area contributed by atoms with Crippen LogP contribution in [-0.4, -0.2) is 59.1 Å². The van der Waals surface area contributed by atoms with E-state index in [1.807, 2.05) is 24.3 Å². The monoisotopic (exact) mass is 422 g/mol. The Labute approximate surface area is 167 Å². The molecule has 4 rings (SSSR count). The van der Waals surface area contributed by atoms with E-state index in [0.29, 0.717) is 24.1 Å². The predicted molar refractivity (Wildman–Crippen MR) is 108 cm³/mol. The second-order valence-corrected chi connectivity index (χ2v) is 9.38. The summed E-state index contributed by atoms with van der Waals surface area (Å²) in [6.07, 6.45) is 0.924. The Morgan fingerprint density at radius 1 is 1.00 bits per heavy atom. The molecule has 142 valence electrons. The third kappa shape index (κ3) is 4.00. The lowest BCUT2D eigenvalue weighted by molar-refractivity contribution is 0.190. The number of hydrogen-bond acceptors (Lipinski definition) is 6. The molecule has 0 radical (unpaired) electrons. The summed E-state index contributed by atoms with van der Waals surface area (Å²) in [4.78, 5) is 2.55. The first kappa shape index (κ1) is 18.8. The maximum absolute atomic E-state index is 13.0. The van der Waals surface area contributed by atoms with E-state index in [2.05, 4.69) is 13.6 Å². The highest BCUT2D eigenvalue weighted by atomic mass is 35.5. The summed E-state index contributed by atoms with van der Waals surface area (Å²) >= 11 is 6.95. The fraction of sp³-hybridized carbons (Fsp3) is 0.333. The molecule has 0 bridgehead atoms. The summed E-state index contributed by atoms with van der Waals surface area (Å²) < 4.78 is 36.0. The molecule has 27 heavy (non-hydrogen) atoms. The Kier molecular flexibility index (Phi) is 5.43. The lowest BCUT2D eigenvalue weighted by Gasteiger charge is -2.34. The summed E-state index contributed by atoms with van der Waals surface area (Å²) in [6.45, 7) is 3.31. The molecule has 6 nitrogen and oxygen atoms in total. The van der Waals surface area contributed by atoms with Gasteiger partial charge in [0.2, 0.25) is 10.0 Å². The van der Waals surface area contributed by atoms with Crippen LogP contribution in [-0.2, 0) is 16.4 Å². The van der Waals surface area contributed by atoms with E-state index in [0.717, 1.165) is 42.8 Å². The van der Waals surface area contributed by atoms with Crippen molar-refractivity contribution in [3.8, 4) is 0 Å². The molecular formula is C18H19ClN4O2S2. The zero-order valence-electron chi connectivity index (χ0n) is 14.6. The molecule has 1 saturated heterocycles. The quantitative estimate of drug-likeness (QED) is 0.632. The predicted octanol–water partition coefficient (Wildman–Crippen LogP) is 2.89. The number of benzene rings is 2. The van der Waals surface area contributed by atoms with Crippen molar-refractivity contribution in [1.82, 2.24) is 18.0 Å². The number of nitrogens with zero attached hydrogens (tertiary/aromatic N) is 4. The number of hydrogen-bond donors (Lipinski definition) is 0. The molecule has 2 aromatic carbocycles. The van der Waals surface area contributed by atoms with Crippen molar-refractivity contribution in [2.75, 3.05) is 32.7 Å². The van der Waals surface area contributed by atoms with E-state index in [1.54, 1.807) is 22.5 Å². The van der Waals surface area contributed by atoms with Crippen LogP contribution in [0.4, 0.5) is 0 Å². The second kappa shape index (κ2) is 7.81. The van der Waals surface area contributed by atoms with Gasteiger partial charge in [0.05, 0.1) is 11.7 Å². The average Bonchev–Trinajstić information content (AvgIpc) is 3.16. The van der Waals surface area contributed by atoms with Crippen LogP contribution in [0.15, 0.2) is 47.4 Å². The van der Waals surface area contributed by atoms with Gasteiger partial charge in [0.1, 0.15) is 15.9 Å². The maximum atomic E-state index is 13.0. The van der Waals surface area contributed by atoms with E-state index >= 15 is 0 Å².